The van der Waals surface area contributed by atoms with Gasteiger partial charge in [0.2, 0.25) is 0 Å². The Morgan fingerprint density at radius 1 is 0.971 bits per heavy atom. The van der Waals surface area contributed by atoms with Crippen LogP contribution in [0.3, 0.4) is 0 Å². The number of benzene rings is 1. The van der Waals surface area contributed by atoms with E-state index in [9.17, 15) is 34.2 Å². The monoisotopic (exact) mass is 479 g/mol. The van der Waals surface area contributed by atoms with E-state index in [1.54, 1.807) is 6.07 Å². The molecule has 8 nitrogen and oxygen atoms in total. The van der Waals surface area contributed by atoms with Crippen LogP contribution in [-0.2, 0) is 6.18 Å². The minimum Gasteiger partial charge on any atom is -0.494 e. The highest BCUT2D eigenvalue weighted by molar-refractivity contribution is 6.31. The first kappa shape index (κ1) is 23.8. The molecule has 34 heavy (non-hydrogen) atoms. The number of halogens is 4. The van der Waals surface area contributed by atoms with Crippen molar-refractivity contribution in [2.45, 2.75) is 6.18 Å². The molecule has 0 atom stereocenters. The summed E-state index contributed by atoms with van der Waals surface area (Å²) in [6.07, 6.45) is -3.63. The number of methoxy groups -OCH3 is 1. The molecule has 12 heteroatoms. The van der Waals surface area contributed by atoms with E-state index >= 15 is 0 Å². The maximum atomic E-state index is 13.1. The van der Waals surface area contributed by atoms with E-state index in [0.29, 0.717) is 6.07 Å². The Morgan fingerprint density at radius 3 is 2.12 bits per heavy atom. The maximum absolute atomic E-state index is 13.1. The summed E-state index contributed by atoms with van der Waals surface area (Å²) in [6.45, 7) is 0. The number of nitrogens with zero attached hydrogens (tertiary/aromatic N) is 6. The number of pyridine rings is 2. The number of hydrogen-bond donors (Lipinski definition) is 1. The number of anilines is 1. The Kier molecular flexibility index (Phi) is 6.27. The van der Waals surface area contributed by atoms with Gasteiger partial charge in [-0.2, -0.15) is 34.2 Å². The van der Waals surface area contributed by atoms with Gasteiger partial charge in [-0.05, 0) is 17.7 Å². The Hall–Kier alpha value is -4.84. The predicted molar refractivity (Wildman–Crippen MR) is 113 cm³/mol. The van der Waals surface area contributed by atoms with Crippen molar-refractivity contribution in [3.05, 3.63) is 57.2 Å². The second-order valence-corrected chi connectivity index (χ2v) is 6.95. The molecule has 0 fully saturated rings. The van der Waals surface area contributed by atoms with Gasteiger partial charge < -0.3 is 10.5 Å². The van der Waals surface area contributed by atoms with Crippen molar-refractivity contribution in [3.63, 3.8) is 0 Å². The van der Waals surface area contributed by atoms with Gasteiger partial charge in [0.1, 0.15) is 58.2 Å². The summed E-state index contributed by atoms with van der Waals surface area (Å²) in [5, 5.41) is 37.8. The molecule has 3 aromatic rings. The number of nitrogens with two attached hydrogens (primary N) is 1. The summed E-state index contributed by atoms with van der Waals surface area (Å²) >= 11 is 5.84. The lowest BCUT2D eigenvalue weighted by atomic mass is 9.92. The number of nitrogen functional groups attached to an aromatic ring is 1. The molecule has 2 heterocycles. The second kappa shape index (κ2) is 8.96. The van der Waals surface area contributed by atoms with Gasteiger partial charge >= 0.3 is 6.18 Å². The third kappa shape index (κ3) is 3.89. The molecule has 0 saturated carbocycles. The van der Waals surface area contributed by atoms with Gasteiger partial charge in [0.25, 0.3) is 0 Å². The van der Waals surface area contributed by atoms with Crippen LogP contribution in [-0.4, -0.2) is 17.1 Å². The van der Waals surface area contributed by atoms with E-state index < -0.39 is 16.8 Å². The lowest BCUT2D eigenvalue weighted by molar-refractivity contribution is -0.137. The number of nitriles is 4. The van der Waals surface area contributed by atoms with Crippen LogP contribution >= 0.6 is 11.6 Å². The molecule has 0 unspecified atom stereocenters. The van der Waals surface area contributed by atoms with Crippen LogP contribution < -0.4 is 10.5 Å². The molecule has 3 rings (SSSR count). The molecule has 0 spiro atoms. The standard InChI is InChI=1S/C22H9ClF3N7O/c1-34-20-11(5-27)9-32-18(14(20)8-30)19-12(6-28)17(13(7-29)21(31)33-19)10-2-3-15(16(23)4-10)22(24,25)26/h2-4,9H,1H3,(H2,31,33). The minimum absolute atomic E-state index is 0.0134. The van der Waals surface area contributed by atoms with Crippen molar-refractivity contribution in [3.8, 4) is 52.5 Å². The Balaban J connectivity index is 2.45. The molecule has 2 aromatic heterocycles. The molecule has 0 saturated heterocycles. The zero-order valence-electron chi connectivity index (χ0n) is 17.0. The number of aromatic nitrogens is 2. The van der Waals surface area contributed by atoms with Gasteiger partial charge in [0.15, 0.2) is 5.75 Å². The first-order chi connectivity index (χ1) is 16.1. The number of alkyl halides is 3. The Morgan fingerprint density at radius 2 is 1.62 bits per heavy atom. The fourth-order valence-corrected chi connectivity index (χ4v) is 3.54. The van der Waals surface area contributed by atoms with Gasteiger partial charge in [-0.25, -0.2) is 4.98 Å². The first-order valence-electron chi connectivity index (χ1n) is 9.01. The SMILES string of the molecule is COc1c(C#N)cnc(-c2nc(N)c(C#N)c(-c3ccc(C(F)(F)F)c(Cl)c3)c2C#N)c1C#N. The summed E-state index contributed by atoms with van der Waals surface area (Å²) < 4.78 is 44.6. The molecular formula is C22H9ClF3N7O. The van der Waals surface area contributed by atoms with Crippen molar-refractivity contribution in [2.24, 2.45) is 0 Å². The fourth-order valence-electron chi connectivity index (χ4n) is 3.26. The average Bonchev–Trinajstić information content (AvgIpc) is 2.81. The predicted octanol–water partition coefficient (Wildman–Crippen LogP) is 4.56. The van der Waals surface area contributed by atoms with Crippen LogP contribution in [0.25, 0.3) is 22.5 Å². The largest absolute Gasteiger partial charge is 0.494 e. The van der Waals surface area contributed by atoms with E-state index in [1.807, 2.05) is 18.2 Å². The fraction of sp³-hybridized carbons (Fsp3) is 0.0909. The summed E-state index contributed by atoms with van der Waals surface area (Å²) in [5.41, 5.74) is 3.40. The molecule has 0 radical (unpaired) electrons. The van der Waals surface area contributed by atoms with Crippen LogP contribution in [0, 0.1) is 45.3 Å². The highest BCUT2D eigenvalue weighted by Gasteiger charge is 2.34. The number of rotatable bonds is 3. The quantitative estimate of drug-likeness (QED) is 0.572. The van der Waals surface area contributed by atoms with Gasteiger partial charge in [-0.15, -0.1) is 0 Å². The lowest BCUT2D eigenvalue weighted by Crippen LogP contribution is -2.08. The summed E-state index contributed by atoms with van der Waals surface area (Å²) in [5.74, 6) is -0.487. The molecule has 0 amide bonds. The van der Waals surface area contributed by atoms with Gasteiger partial charge in [-0.1, -0.05) is 17.7 Å². The Bertz CT molecular complexity index is 1510. The number of ether oxygens (including phenoxy) is 1. The van der Waals surface area contributed by atoms with Crippen LogP contribution in [0.5, 0.6) is 5.75 Å². The van der Waals surface area contributed by atoms with Crippen molar-refractivity contribution >= 4 is 17.4 Å². The van der Waals surface area contributed by atoms with E-state index in [0.717, 1.165) is 18.3 Å². The second-order valence-electron chi connectivity index (χ2n) is 6.54. The van der Waals surface area contributed by atoms with Crippen LogP contribution in [0.1, 0.15) is 27.8 Å². The topological polar surface area (TPSA) is 156 Å². The van der Waals surface area contributed by atoms with Crippen molar-refractivity contribution < 1.29 is 17.9 Å². The smallest absolute Gasteiger partial charge is 0.417 e. The first-order valence-corrected chi connectivity index (χ1v) is 9.39. The molecule has 166 valence electrons. The zero-order chi connectivity index (χ0) is 25.2. The zero-order valence-corrected chi connectivity index (χ0v) is 17.7. The van der Waals surface area contributed by atoms with E-state index in [4.69, 9.17) is 22.1 Å². The van der Waals surface area contributed by atoms with E-state index in [-0.39, 0.29) is 56.3 Å². The van der Waals surface area contributed by atoms with E-state index in [1.165, 1.54) is 7.11 Å². The molecule has 0 aliphatic carbocycles. The van der Waals surface area contributed by atoms with E-state index in [2.05, 4.69) is 9.97 Å². The molecule has 1 aromatic carbocycles. The highest BCUT2D eigenvalue weighted by Crippen LogP contribution is 2.41. The number of hydrogen-bond acceptors (Lipinski definition) is 8. The molecule has 0 aliphatic heterocycles. The van der Waals surface area contributed by atoms with Crippen LogP contribution in [0.15, 0.2) is 24.4 Å². The highest BCUT2D eigenvalue weighted by atomic mass is 35.5. The maximum Gasteiger partial charge on any atom is 0.417 e. The summed E-state index contributed by atoms with van der Waals surface area (Å²) in [6, 6.07) is 10.00. The van der Waals surface area contributed by atoms with Gasteiger partial charge in [0.05, 0.1) is 23.3 Å². The van der Waals surface area contributed by atoms with Crippen molar-refractivity contribution in [2.75, 3.05) is 12.8 Å². The normalized spacial score (nSPS) is 10.5. The molecule has 0 aliphatic rings. The van der Waals surface area contributed by atoms with Crippen LogP contribution in [0.2, 0.25) is 5.02 Å². The molecule has 0 bridgehead atoms. The van der Waals surface area contributed by atoms with Gasteiger partial charge in [-0.3, -0.25) is 4.98 Å². The minimum atomic E-state index is -4.72. The van der Waals surface area contributed by atoms with Crippen molar-refractivity contribution in [1.29, 1.82) is 21.0 Å². The van der Waals surface area contributed by atoms with Gasteiger partial charge in [0, 0.05) is 11.8 Å². The summed E-state index contributed by atoms with van der Waals surface area (Å²) in [4.78, 5) is 8.11. The lowest BCUT2D eigenvalue weighted by Gasteiger charge is -2.16. The van der Waals surface area contributed by atoms with Crippen LogP contribution in [0.4, 0.5) is 19.0 Å². The molecule has 2 N–H and O–H groups in total. The Labute approximate surface area is 195 Å². The third-order valence-electron chi connectivity index (χ3n) is 4.70. The van der Waals surface area contributed by atoms with Crippen molar-refractivity contribution in [1.82, 2.24) is 9.97 Å². The third-order valence-corrected chi connectivity index (χ3v) is 5.02. The average molecular weight is 480 g/mol. The molecular weight excluding hydrogens is 471 g/mol. The summed E-state index contributed by atoms with van der Waals surface area (Å²) in [7, 11) is 1.22.